The minimum Gasteiger partial charge on any atom is -0.394 e. The number of aryl methyl sites for hydroxylation is 1. The second-order valence-corrected chi connectivity index (χ2v) is 8.09. The van der Waals surface area contributed by atoms with Gasteiger partial charge < -0.3 is 20.4 Å². The first kappa shape index (κ1) is 21.7. The molecule has 1 aliphatic carbocycles. The molecule has 8 nitrogen and oxygen atoms in total. The number of alkyl halides is 1. The van der Waals surface area contributed by atoms with Crippen LogP contribution in [-0.4, -0.2) is 65.4 Å². The zero-order valence-corrected chi connectivity index (χ0v) is 18.1. The molecule has 1 amide bonds. The highest BCUT2D eigenvalue weighted by atomic mass is 127. The molecule has 10 heteroatoms. The highest BCUT2D eigenvalue weighted by Crippen LogP contribution is 2.35. The molecule has 0 bridgehead atoms. The molecule has 2 aliphatic rings. The van der Waals surface area contributed by atoms with E-state index in [4.69, 9.17) is 9.94 Å². The number of carbonyl (C=O) groups is 1. The number of fused-ring (bicyclic) bond motifs is 1. The minimum absolute atomic E-state index is 0.00316. The normalized spacial score (nSPS) is 21.7. The van der Waals surface area contributed by atoms with Gasteiger partial charge in [0.1, 0.15) is 19.4 Å². The average molecular weight is 516 g/mol. The van der Waals surface area contributed by atoms with Gasteiger partial charge in [0.25, 0.3) is 11.6 Å². The first-order chi connectivity index (χ1) is 13.7. The third-order valence-corrected chi connectivity index (χ3v) is 5.25. The Bertz CT molecular complexity index is 904. The smallest absolute Gasteiger partial charge is 0.291 e. The molecule has 4 N–H and O–H groups in total. The molecule has 1 heterocycles. The van der Waals surface area contributed by atoms with E-state index in [1.807, 2.05) is 30.6 Å². The Morgan fingerprint density at radius 2 is 2.28 bits per heavy atom. The van der Waals surface area contributed by atoms with Crippen LogP contribution in [0.4, 0.5) is 10.1 Å². The van der Waals surface area contributed by atoms with Crippen LogP contribution >= 0.6 is 22.6 Å². The Kier molecular flexibility index (Phi) is 6.56. The number of amides is 1. The van der Waals surface area contributed by atoms with Crippen molar-refractivity contribution in [3.63, 3.8) is 0 Å². The number of aliphatic hydroxyl groups excluding tert-OH is 2. The number of rotatable bonds is 7. The van der Waals surface area contributed by atoms with E-state index in [9.17, 15) is 9.90 Å². The van der Waals surface area contributed by atoms with Gasteiger partial charge in [0, 0.05) is 16.3 Å². The largest absolute Gasteiger partial charge is 0.394 e. The van der Waals surface area contributed by atoms with Crippen molar-refractivity contribution in [3.05, 3.63) is 50.9 Å². The monoisotopic (exact) mass is 516 g/mol. The number of hydrogen-bond acceptors (Lipinski definition) is 7. The van der Waals surface area contributed by atoms with Gasteiger partial charge >= 0.3 is 0 Å². The predicted octanol–water partition coefficient (Wildman–Crippen LogP) is 1.25. The fraction of sp³-hybridized carbons (Fsp3) is 0.368. The van der Waals surface area contributed by atoms with Crippen LogP contribution in [-0.2, 0) is 9.63 Å². The molecule has 156 valence electrons. The summed E-state index contributed by atoms with van der Waals surface area (Å²) in [5.74, 6) is -1.06. The van der Waals surface area contributed by atoms with E-state index in [0.717, 1.165) is 9.13 Å². The van der Waals surface area contributed by atoms with Crippen LogP contribution in [0.3, 0.4) is 0 Å². The Labute approximate surface area is 181 Å². The van der Waals surface area contributed by atoms with Gasteiger partial charge in [-0.3, -0.25) is 14.6 Å². The van der Waals surface area contributed by atoms with Crippen LogP contribution < -0.4 is 10.8 Å². The number of benzene rings is 1. The van der Waals surface area contributed by atoms with Crippen LogP contribution in [0.25, 0.3) is 0 Å². The summed E-state index contributed by atoms with van der Waals surface area (Å²) in [5.41, 5.74) is 2.11. The van der Waals surface area contributed by atoms with E-state index >= 15 is 4.39 Å². The maximum Gasteiger partial charge on any atom is 0.291 e. The van der Waals surface area contributed by atoms with E-state index in [1.165, 1.54) is 12.2 Å². The van der Waals surface area contributed by atoms with Gasteiger partial charge in [-0.15, -0.1) is 0 Å². The van der Waals surface area contributed by atoms with E-state index < -0.39 is 24.3 Å². The van der Waals surface area contributed by atoms with Gasteiger partial charge in [0.2, 0.25) is 0 Å². The Hall–Kier alpha value is -2.02. The van der Waals surface area contributed by atoms with Gasteiger partial charge in [-0.1, -0.05) is 0 Å². The minimum atomic E-state index is -2.55. The molecular weight excluding hydrogens is 494 g/mol. The number of halogens is 2. The number of hydroxylamine groups is 1. The van der Waals surface area contributed by atoms with E-state index in [2.05, 4.69) is 32.9 Å². The molecule has 29 heavy (non-hydrogen) atoms. The molecule has 0 aromatic heterocycles. The van der Waals surface area contributed by atoms with Crippen molar-refractivity contribution in [3.8, 4) is 0 Å². The maximum absolute atomic E-state index is 16.1. The zero-order valence-electron chi connectivity index (χ0n) is 15.9. The van der Waals surface area contributed by atoms with Crippen LogP contribution in [0.15, 0.2) is 46.7 Å². The Morgan fingerprint density at radius 1 is 1.52 bits per heavy atom. The van der Waals surface area contributed by atoms with Crippen molar-refractivity contribution in [2.45, 2.75) is 18.7 Å². The van der Waals surface area contributed by atoms with Crippen molar-refractivity contribution in [2.24, 2.45) is 4.99 Å². The van der Waals surface area contributed by atoms with Crippen molar-refractivity contribution < 1.29 is 24.2 Å². The molecule has 1 aromatic carbocycles. The van der Waals surface area contributed by atoms with Gasteiger partial charge in [-0.25, -0.2) is 9.87 Å². The lowest BCUT2D eigenvalue weighted by atomic mass is 9.91. The molecule has 0 saturated carbocycles. The molecule has 3 rings (SSSR count). The third-order valence-electron chi connectivity index (χ3n) is 4.58. The number of allylic oxidation sites excluding steroid dienone is 1. The number of nitrogens with one attached hydrogen (secondary N) is 2. The first-order valence-corrected chi connectivity index (χ1v) is 9.96. The molecule has 0 spiro atoms. The zero-order chi connectivity index (χ0) is 21.2. The number of nitrogens with zero attached hydrogens (tertiary/aromatic N) is 2. The molecule has 2 atom stereocenters. The molecule has 0 saturated heterocycles. The quantitative estimate of drug-likeness (QED) is 0.321. The summed E-state index contributed by atoms with van der Waals surface area (Å²) in [7, 11) is 1.75. The third kappa shape index (κ3) is 4.60. The van der Waals surface area contributed by atoms with Gasteiger partial charge in [-0.05, 0) is 65.4 Å². The van der Waals surface area contributed by atoms with Gasteiger partial charge in [0.05, 0.1) is 23.7 Å². The lowest BCUT2D eigenvalue weighted by Gasteiger charge is -2.30. The SMILES string of the molecule is Cc1cc(I)ccc1NC1=CC2=NCN(C)C2=CC1(F)C(=O)NOCC(O)CO. The summed E-state index contributed by atoms with van der Waals surface area (Å²) < 4.78 is 17.1. The molecule has 0 fully saturated rings. The predicted molar refractivity (Wildman–Crippen MR) is 115 cm³/mol. The summed E-state index contributed by atoms with van der Waals surface area (Å²) in [6.45, 7) is 1.34. The number of carbonyl (C=O) groups excluding carboxylic acids is 1. The molecule has 1 aliphatic heterocycles. The van der Waals surface area contributed by atoms with Crippen molar-refractivity contribution >= 4 is 39.9 Å². The topological polar surface area (TPSA) is 106 Å². The number of aliphatic hydroxyl groups is 2. The fourth-order valence-corrected chi connectivity index (χ4v) is 3.55. The Balaban J connectivity index is 1.89. The van der Waals surface area contributed by atoms with Crippen molar-refractivity contribution in [2.75, 3.05) is 32.2 Å². The standard InChI is InChI=1S/C19H22FIN4O4/c1-11-5-12(21)3-4-14(11)23-17-6-15-16(25(2)10-22-15)7-19(17,20)18(28)24-29-9-13(27)8-26/h3-7,13,23,26-27H,8-10H2,1-2H3,(H,24,28). The molecule has 0 radical (unpaired) electrons. The maximum atomic E-state index is 16.1. The average Bonchev–Trinajstić information content (AvgIpc) is 3.03. The van der Waals surface area contributed by atoms with Crippen LogP contribution in [0, 0.1) is 10.5 Å². The Morgan fingerprint density at radius 3 is 2.97 bits per heavy atom. The fourth-order valence-electron chi connectivity index (χ4n) is 2.90. The summed E-state index contributed by atoms with van der Waals surface area (Å²) in [5, 5.41) is 21.2. The van der Waals surface area contributed by atoms with Crippen LogP contribution in [0.5, 0.6) is 0 Å². The first-order valence-electron chi connectivity index (χ1n) is 8.89. The van der Waals surface area contributed by atoms with Gasteiger partial charge in [-0.2, -0.15) is 0 Å². The number of hydrogen-bond donors (Lipinski definition) is 4. The summed E-state index contributed by atoms with van der Waals surface area (Å²) in [6.07, 6.45) is 1.53. The molecule has 2 unspecified atom stereocenters. The van der Waals surface area contributed by atoms with Crippen LogP contribution in [0.2, 0.25) is 0 Å². The second kappa shape index (κ2) is 8.78. The summed E-state index contributed by atoms with van der Waals surface area (Å²) in [4.78, 5) is 23.6. The molecular formula is C19H22FIN4O4. The second-order valence-electron chi connectivity index (χ2n) is 6.84. The van der Waals surface area contributed by atoms with Crippen molar-refractivity contribution in [1.82, 2.24) is 10.4 Å². The van der Waals surface area contributed by atoms with E-state index in [0.29, 0.717) is 23.8 Å². The molecule has 1 aromatic rings. The highest BCUT2D eigenvalue weighted by Gasteiger charge is 2.46. The van der Waals surface area contributed by atoms with E-state index in [-0.39, 0.29) is 12.3 Å². The van der Waals surface area contributed by atoms with Crippen LogP contribution in [0.1, 0.15) is 5.56 Å². The van der Waals surface area contributed by atoms with Gasteiger partial charge in [0.15, 0.2) is 0 Å². The van der Waals surface area contributed by atoms with Crippen molar-refractivity contribution in [1.29, 1.82) is 0 Å². The number of aliphatic imine (C=N–C) groups is 1. The highest BCUT2D eigenvalue weighted by molar-refractivity contribution is 14.1. The lowest BCUT2D eigenvalue weighted by Crippen LogP contribution is -2.48. The number of anilines is 1. The summed E-state index contributed by atoms with van der Waals surface area (Å²) >= 11 is 2.19. The lowest BCUT2D eigenvalue weighted by molar-refractivity contribution is -0.144. The summed E-state index contributed by atoms with van der Waals surface area (Å²) in [6, 6.07) is 5.63. The van der Waals surface area contributed by atoms with E-state index in [1.54, 1.807) is 11.9 Å².